The number of nitrogens with zero attached hydrogens (tertiary/aromatic N) is 4. The second kappa shape index (κ2) is 16.3. The number of likely N-dealkylation sites (tertiary alicyclic amines) is 2. The molecular weight excluding hydrogens is 688 g/mol. The monoisotopic (exact) mass is 740 g/mol. The highest BCUT2D eigenvalue weighted by Gasteiger charge is 2.39. The molecule has 288 valence electrons. The zero-order chi connectivity index (χ0) is 38.7. The fourth-order valence-electron chi connectivity index (χ4n) is 7.66. The molecule has 0 aliphatic carbocycles. The first-order valence-electron chi connectivity index (χ1n) is 18.9. The van der Waals surface area contributed by atoms with E-state index in [4.69, 9.17) is 19.4 Å². The maximum absolute atomic E-state index is 13.7. The number of fused-ring (bicyclic) bond motifs is 1. The Morgan fingerprint density at radius 3 is 1.74 bits per heavy atom. The van der Waals surface area contributed by atoms with Crippen molar-refractivity contribution in [1.82, 2.24) is 40.4 Å². The first-order chi connectivity index (χ1) is 25.9. The van der Waals surface area contributed by atoms with Crippen LogP contribution in [0.15, 0.2) is 42.5 Å². The number of alkyl carbamates (subject to hydrolysis) is 2. The molecule has 4 amide bonds. The average Bonchev–Trinajstić information content (AvgIpc) is 4.00. The molecule has 0 radical (unpaired) electrons. The van der Waals surface area contributed by atoms with Gasteiger partial charge in [-0.05, 0) is 67.2 Å². The van der Waals surface area contributed by atoms with Crippen LogP contribution < -0.4 is 10.6 Å². The normalized spacial score (nSPS) is 18.3. The number of nitrogens with one attached hydrogen (secondary N) is 4. The number of carbonyl (C=O) groups is 4. The summed E-state index contributed by atoms with van der Waals surface area (Å²) in [5.74, 6) is 0.977. The zero-order valence-corrected chi connectivity index (χ0v) is 32.2. The molecule has 2 aromatic heterocycles. The van der Waals surface area contributed by atoms with E-state index < -0.39 is 24.3 Å². The molecule has 6 rings (SSSR count). The van der Waals surface area contributed by atoms with Crippen LogP contribution >= 0.6 is 0 Å². The van der Waals surface area contributed by atoms with Crippen molar-refractivity contribution in [2.45, 2.75) is 90.9 Å². The second-order valence-corrected chi connectivity index (χ2v) is 14.8. The number of ether oxygens (including phenoxy) is 2. The van der Waals surface area contributed by atoms with E-state index in [1.165, 1.54) is 14.2 Å². The number of amides is 4. The Hall–Kier alpha value is -5.40. The molecule has 2 aliphatic heterocycles. The Balaban J connectivity index is 1.20. The number of rotatable bonds is 11. The van der Waals surface area contributed by atoms with Crippen molar-refractivity contribution < 1.29 is 28.7 Å². The van der Waals surface area contributed by atoms with Crippen LogP contribution in [0.1, 0.15) is 89.7 Å². The van der Waals surface area contributed by atoms with Crippen LogP contribution in [0.4, 0.5) is 9.59 Å². The average molecular weight is 741 g/mol. The van der Waals surface area contributed by atoms with Gasteiger partial charge in [0.15, 0.2) is 0 Å². The van der Waals surface area contributed by atoms with Crippen LogP contribution in [0.3, 0.4) is 0 Å². The highest BCUT2D eigenvalue weighted by molar-refractivity contribution is 5.88. The minimum atomic E-state index is -0.695. The summed E-state index contributed by atoms with van der Waals surface area (Å²) in [6.07, 6.45) is 2.73. The van der Waals surface area contributed by atoms with Crippen molar-refractivity contribution in [3.05, 3.63) is 59.8 Å². The van der Waals surface area contributed by atoms with Crippen molar-refractivity contribution in [1.29, 1.82) is 0 Å². The van der Waals surface area contributed by atoms with Gasteiger partial charge in [0.25, 0.3) is 0 Å². The molecule has 0 spiro atoms. The number of benzene rings is 2. The van der Waals surface area contributed by atoms with Crippen LogP contribution in [0.2, 0.25) is 0 Å². The summed E-state index contributed by atoms with van der Waals surface area (Å²) in [6, 6.07) is 12.6. The van der Waals surface area contributed by atoms with Gasteiger partial charge in [-0.1, -0.05) is 65.0 Å². The summed E-state index contributed by atoms with van der Waals surface area (Å²) < 4.78 is 9.55. The lowest BCUT2D eigenvalue weighted by molar-refractivity contribution is -0.136. The molecule has 2 aliphatic rings. The number of aromatic nitrogens is 4. The third-order valence-corrected chi connectivity index (χ3v) is 10.6. The van der Waals surface area contributed by atoms with E-state index in [0.29, 0.717) is 13.1 Å². The van der Waals surface area contributed by atoms with E-state index in [9.17, 15) is 19.2 Å². The highest BCUT2D eigenvalue weighted by atomic mass is 16.5. The molecule has 2 fully saturated rings. The maximum atomic E-state index is 13.7. The van der Waals surface area contributed by atoms with E-state index >= 15 is 0 Å². The van der Waals surface area contributed by atoms with E-state index in [-0.39, 0.29) is 35.7 Å². The fraction of sp³-hybridized carbons (Fsp3) is 0.500. The predicted molar refractivity (Wildman–Crippen MR) is 204 cm³/mol. The number of aromatic amines is 2. The van der Waals surface area contributed by atoms with Crippen LogP contribution in [0, 0.1) is 11.8 Å². The zero-order valence-electron chi connectivity index (χ0n) is 32.2. The molecule has 0 bridgehead atoms. The number of methoxy groups -OCH3 is 2. The summed E-state index contributed by atoms with van der Waals surface area (Å²) >= 11 is 0. The largest absolute Gasteiger partial charge is 0.453 e. The van der Waals surface area contributed by atoms with Crippen molar-refractivity contribution in [2.75, 3.05) is 27.3 Å². The topological polar surface area (TPSA) is 175 Å². The van der Waals surface area contributed by atoms with Crippen molar-refractivity contribution in [3.63, 3.8) is 0 Å². The van der Waals surface area contributed by atoms with Gasteiger partial charge >= 0.3 is 12.2 Å². The van der Waals surface area contributed by atoms with Gasteiger partial charge in [0.2, 0.25) is 11.8 Å². The van der Waals surface area contributed by atoms with Gasteiger partial charge < -0.3 is 39.9 Å². The third-order valence-electron chi connectivity index (χ3n) is 10.6. The molecule has 4 atom stereocenters. The molecule has 0 unspecified atom stereocenters. The predicted octanol–water partition coefficient (Wildman–Crippen LogP) is 6.27. The molecule has 4 heterocycles. The lowest BCUT2D eigenvalue weighted by atomic mass is 10.0. The Labute approximate surface area is 315 Å². The van der Waals surface area contributed by atoms with Gasteiger partial charge in [-0.15, -0.1) is 0 Å². The minimum Gasteiger partial charge on any atom is -0.453 e. The number of hydrogen-bond acceptors (Lipinski definition) is 8. The Bertz CT molecular complexity index is 1990. The Morgan fingerprint density at radius 1 is 0.741 bits per heavy atom. The molecule has 4 aromatic rings. The second-order valence-electron chi connectivity index (χ2n) is 14.8. The van der Waals surface area contributed by atoms with Gasteiger partial charge in [0, 0.05) is 24.3 Å². The van der Waals surface area contributed by atoms with E-state index in [1.807, 2.05) is 49.6 Å². The summed E-state index contributed by atoms with van der Waals surface area (Å²) in [7, 11) is 2.58. The van der Waals surface area contributed by atoms with E-state index in [0.717, 1.165) is 82.9 Å². The van der Waals surface area contributed by atoms with E-state index in [1.54, 1.807) is 0 Å². The van der Waals surface area contributed by atoms with Crippen LogP contribution in [-0.4, -0.2) is 93.1 Å². The highest BCUT2D eigenvalue weighted by Crippen LogP contribution is 2.36. The standard InChI is InChI=1S/C40H52N8O6/c1-8-27-34(44-36(41-27)31-12-10-20-48(31)38(50)33(23(4)5)46-40(52)54-7)25-15-13-24(14-16-25)26-17-18-28-29(21-26)43-35(42-28)30-11-9-19-47(30)37(49)32(22(2)3)45-39(51)53-6/h13-18,21-23,30-33H,8-12,19-20H2,1-7H3,(H,41,44)(H,42,43)(H,45,51)(H,46,52)/t30-,31-,32-,33-/m0/s1. The molecule has 54 heavy (non-hydrogen) atoms. The first kappa shape index (κ1) is 38.3. The number of hydrogen-bond donors (Lipinski definition) is 4. The number of imidazole rings is 2. The van der Waals surface area contributed by atoms with Gasteiger partial charge in [-0.3, -0.25) is 9.59 Å². The maximum Gasteiger partial charge on any atom is 0.407 e. The van der Waals surface area contributed by atoms with Crippen molar-refractivity contribution in [3.8, 4) is 22.4 Å². The number of carbonyl (C=O) groups excluding carboxylic acids is 4. The molecule has 2 aromatic carbocycles. The molecule has 2 saturated heterocycles. The first-order valence-corrected chi connectivity index (χ1v) is 18.9. The van der Waals surface area contributed by atoms with Gasteiger partial charge in [-0.2, -0.15) is 0 Å². The molecule has 14 nitrogen and oxygen atoms in total. The smallest absolute Gasteiger partial charge is 0.407 e. The quantitative estimate of drug-likeness (QED) is 0.139. The van der Waals surface area contributed by atoms with Crippen molar-refractivity contribution >= 4 is 35.0 Å². The lowest BCUT2D eigenvalue weighted by Crippen LogP contribution is -2.51. The minimum absolute atomic E-state index is 0.111. The SMILES string of the molecule is CCc1[nH]c([C@@H]2CCCN2C(=O)[C@@H](NC(=O)OC)C(C)C)nc1-c1ccc(-c2ccc3nc([C@@H]4CCCN4C(=O)[C@@H](NC(=O)OC)C(C)C)[nH]c3c2)cc1. The van der Waals surface area contributed by atoms with Gasteiger partial charge in [0.1, 0.15) is 23.7 Å². The summed E-state index contributed by atoms with van der Waals surface area (Å²) in [6.45, 7) is 10.9. The van der Waals surface area contributed by atoms with Crippen LogP contribution in [0.25, 0.3) is 33.4 Å². The third kappa shape index (κ3) is 7.78. The molecule has 0 saturated carbocycles. The molecular formula is C40H52N8O6. The lowest BCUT2D eigenvalue weighted by Gasteiger charge is -2.30. The fourth-order valence-corrected chi connectivity index (χ4v) is 7.66. The van der Waals surface area contributed by atoms with Gasteiger partial charge in [-0.25, -0.2) is 19.6 Å². The summed E-state index contributed by atoms with van der Waals surface area (Å²) in [5.41, 5.74) is 6.57. The van der Waals surface area contributed by atoms with Crippen LogP contribution in [-0.2, 0) is 25.5 Å². The van der Waals surface area contributed by atoms with Crippen molar-refractivity contribution in [2.24, 2.45) is 11.8 Å². The van der Waals surface area contributed by atoms with Gasteiger partial charge in [0.05, 0.1) is 43.0 Å². The Kier molecular flexibility index (Phi) is 11.6. The Morgan fingerprint density at radius 2 is 1.24 bits per heavy atom. The molecule has 4 N–H and O–H groups in total. The summed E-state index contributed by atoms with van der Waals surface area (Å²) in [4.78, 5) is 71.9. The van der Waals surface area contributed by atoms with Crippen LogP contribution in [0.5, 0.6) is 0 Å². The van der Waals surface area contributed by atoms with E-state index in [2.05, 4.69) is 57.9 Å². The molecule has 14 heteroatoms. The summed E-state index contributed by atoms with van der Waals surface area (Å²) in [5, 5.41) is 5.42. The number of H-pyrrole nitrogens is 2. The number of aryl methyl sites for hydroxylation is 1.